The van der Waals surface area contributed by atoms with E-state index < -0.39 is 10.0 Å². The Labute approximate surface area is 121 Å². The summed E-state index contributed by atoms with van der Waals surface area (Å²) in [5.74, 6) is -0.302. The Bertz CT molecular complexity index is 700. The number of nitrogens with one attached hydrogen (secondary N) is 2. The Kier molecular flexibility index (Phi) is 4.41. The van der Waals surface area contributed by atoms with Crippen molar-refractivity contribution in [3.05, 3.63) is 11.5 Å². The minimum atomic E-state index is -3.60. The smallest absolute Gasteiger partial charge is 0.240 e. The van der Waals surface area contributed by atoms with Crippen LogP contribution in [0.1, 0.15) is 13.8 Å². The fraction of sp³-hybridized carbons (Fsp3) is 0.500. The fourth-order valence-electron chi connectivity index (χ4n) is 1.43. The first-order valence-electron chi connectivity index (χ1n) is 5.86. The molecule has 0 saturated carbocycles. The zero-order valence-electron chi connectivity index (χ0n) is 10.9. The van der Waals surface area contributed by atoms with Crippen molar-refractivity contribution in [1.82, 2.24) is 19.9 Å². The highest BCUT2D eigenvalue weighted by atomic mass is 35.5. The van der Waals surface area contributed by atoms with Gasteiger partial charge in [0.2, 0.25) is 16.0 Å². The second-order valence-corrected chi connectivity index (χ2v) is 6.48. The number of aromatic amines is 1. The average molecular weight is 320 g/mol. The summed E-state index contributed by atoms with van der Waals surface area (Å²) in [6.45, 7) is 3.74. The van der Waals surface area contributed by atoms with Crippen LogP contribution in [0.3, 0.4) is 0 Å². The third-order valence-electron chi connectivity index (χ3n) is 2.29. The van der Waals surface area contributed by atoms with E-state index in [0.29, 0.717) is 11.2 Å². The number of halogens is 1. The maximum absolute atomic E-state index is 11.8. The lowest BCUT2D eigenvalue weighted by Crippen LogP contribution is -2.22. The van der Waals surface area contributed by atoms with Crippen molar-refractivity contribution in [2.75, 3.05) is 17.1 Å². The van der Waals surface area contributed by atoms with Gasteiger partial charge < -0.3 is 9.72 Å². The molecule has 0 saturated heterocycles. The molecule has 0 unspecified atom stereocenters. The maximum Gasteiger partial charge on any atom is 0.240 e. The first kappa shape index (κ1) is 14.9. The quantitative estimate of drug-likeness (QED) is 0.773. The van der Waals surface area contributed by atoms with Gasteiger partial charge in [-0.25, -0.2) is 13.4 Å². The molecule has 2 N–H and O–H groups in total. The van der Waals surface area contributed by atoms with Crippen LogP contribution >= 0.6 is 11.6 Å². The molecule has 2 rings (SSSR count). The van der Waals surface area contributed by atoms with E-state index in [0.717, 1.165) is 0 Å². The minimum absolute atomic E-state index is 0.0312. The summed E-state index contributed by atoms with van der Waals surface area (Å²) in [5, 5.41) is 0.101. The zero-order chi connectivity index (χ0) is 14.8. The molecule has 20 heavy (non-hydrogen) atoms. The van der Waals surface area contributed by atoms with Gasteiger partial charge in [-0.3, -0.25) is 4.72 Å². The number of rotatable bonds is 6. The van der Waals surface area contributed by atoms with Crippen molar-refractivity contribution >= 4 is 38.7 Å². The molecule has 0 bridgehead atoms. The fourth-order valence-corrected chi connectivity index (χ4v) is 2.43. The normalized spacial score (nSPS) is 12.2. The summed E-state index contributed by atoms with van der Waals surface area (Å²) in [7, 11) is -3.60. The molecule has 0 spiro atoms. The number of ether oxygens (including phenoxy) is 1. The van der Waals surface area contributed by atoms with Gasteiger partial charge in [0.1, 0.15) is 5.52 Å². The molecule has 0 atom stereocenters. The summed E-state index contributed by atoms with van der Waals surface area (Å²) in [4.78, 5) is 14.5. The summed E-state index contributed by atoms with van der Waals surface area (Å²) < 4.78 is 31.1. The lowest BCUT2D eigenvalue weighted by molar-refractivity contribution is 0.0913. The predicted octanol–water partition coefficient (Wildman–Crippen LogP) is 1.17. The van der Waals surface area contributed by atoms with Crippen LogP contribution < -0.4 is 4.72 Å². The Balaban J connectivity index is 2.10. The largest absolute Gasteiger partial charge is 0.378 e. The van der Waals surface area contributed by atoms with Crippen LogP contribution in [0.5, 0.6) is 0 Å². The van der Waals surface area contributed by atoms with Crippen LogP contribution in [0.15, 0.2) is 6.33 Å². The van der Waals surface area contributed by atoms with Gasteiger partial charge in [0.25, 0.3) is 0 Å². The molecule has 0 amide bonds. The number of hydrogen-bond acceptors (Lipinski definition) is 6. The zero-order valence-corrected chi connectivity index (χ0v) is 12.5. The summed E-state index contributed by atoms with van der Waals surface area (Å²) in [6, 6.07) is 0. The molecule has 10 heteroatoms. The van der Waals surface area contributed by atoms with Crippen molar-refractivity contribution in [1.29, 1.82) is 0 Å². The molecule has 2 heterocycles. The molecule has 0 aliphatic heterocycles. The molecule has 0 aliphatic carbocycles. The first-order valence-corrected chi connectivity index (χ1v) is 7.89. The summed E-state index contributed by atoms with van der Waals surface area (Å²) in [6.07, 6.45) is 1.37. The monoisotopic (exact) mass is 319 g/mol. The third kappa shape index (κ3) is 3.78. The molecule has 0 aromatic carbocycles. The number of H-pyrrole nitrogens is 1. The van der Waals surface area contributed by atoms with Crippen LogP contribution in [0.4, 0.5) is 5.95 Å². The number of sulfonamides is 1. The highest BCUT2D eigenvalue weighted by Crippen LogP contribution is 2.18. The number of nitrogens with zero attached hydrogens (tertiary/aromatic N) is 3. The Morgan fingerprint density at radius 2 is 2.20 bits per heavy atom. The van der Waals surface area contributed by atoms with E-state index in [1.807, 2.05) is 13.8 Å². The predicted molar refractivity (Wildman–Crippen MR) is 75.2 cm³/mol. The van der Waals surface area contributed by atoms with Crippen LogP contribution in [0.2, 0.25) is 5.15 Å². The number of imidazole rings is 1. The van der Waals surface area contributed by atoms with E-state index in [2.05, 4.69) is 24.7 Å². The lowest BCUT2D eigenvalue weighted by atomic mass is 10.5. The highest BCUT2D eigenvalue weighted by molar-refractivity contribution is 7.92. The van der Waals surface area contributed by atoms with E-state index in [1.54, 1.807) is 0 Å². The van der Waals surface area contributed by atoms with Crippen molar-refractivity contribution in [3.8, 4) is 0 Å². The molecule has 8 nitrogen and oxygen atoms in total. The molecule has 0 radical (unpaired) electrons. The van der Waals surface area contributed by atoms with E-state index in [4.69, 9.17) is 16.3 Å². The van der Waals surface area contributed by atoms with E-state index >= 15 is 0 Å². The first-order chi connectivity index (χ1) is 9.37. The maximum atomic E-state index is 11.8. The van der Waals surface area contributed by atoms with Gasteiger partial charge in [-0.05, 0) is 13.8 Å². The Hall–Kier alpha value is -1.45. The van der Waals surface area contributed by atoms with Crippen LogP contribution in [0, 0.1) is 0 Å². The van der Waals surface area contributed by atoms with Gasteiger partial charge in [0.15, 0.2) is 10.8 Å². The van der Waals surface area contributed by atoms with Crippen molar-refractivity contribution in [3.63, 3.8) is 0 Å². The highest BCUT2D eigenvalue weighted by Gasteiger charge is 2.15. The van der Waals surface area contributed by atoms with Gasteiger partial charge in [-0.2, -0.15) is 9.97 Å². The van der Waals surface area contributed by atoms with Gasteiger partial charge in [0.05, 0.1) is 24.8 Å². The molecule has 2 aromatic heterocycles. The molecule has 0 fully saturated rings. The second-order valence-electron chi connectivity index (χ2n) is 4.28. The summed E-state index contributed by atoms with van der Waals surface area (Å²) in [5.41, 5.74) is 0.749. The second kappa shape index (κ2) is 5.90. The van der Waals surface area contributed by atoms with Crippen LogP contribution in [-0.4, -0.2) is 46.8 Å². The van der Waals surface area contributed by atoms with E-state index in [1.165, 1.54) is 6.33 Å². The third-order valence-corrected chi connectivity index (χ3v) is 3.76. The van der Waals surface area contributed by atoms with Gasteiger partial charge in [-0.1, -0.05) is 11.6 Å². The minimum Gasteiger partial charge on any atom is -0.378 e. The van der Waals surface area contributed by atoms with Crippen molar-refractivity contribution in [2.24, 2.45) is 0 Å². The van der Waals surface area contributed by atoms with E-state index in [-0.39, 0.29) is 29.6 Å². The molecular formula is C10H14ClN5O3S. The van der Waals surface area contributed by atoms with Crippen LogP contribution in [-0.2, 0) is 14.8 Å². The number of hydrogen-bond donors (Lipinski definition) is 2. The SMILES string of the molecule is CC(C)OCCS(=O)(=O)Nc1nc(Cl)c2[nH]cnc2n1. The number of fused-ring (bicyclic) bond motifs is 1. The van der Waals surface area contributed by atoms with Crippen molar-refractivity contribution < 1.29 is 13.2 Å². The topological polar surface area (TPSA) is 110 Å². The summed E-state index contributed by atoms with van der Waals surface area (Å²) >= 11 is 5.90. The van der Waals surface area contributed by atoms with Gasteiger partial charge in [0, 0.05) is 0 Å². The Morgan fingerprint density at radius 3 is 2.90 bits per heavy atom. The molecule has 2 aromatic rings. The van der Waals surface area contributed by atoms with Crippen LogP contribution in [0.25, 0.3) is 11.2 Å². The average Bonchev–Trinajstić information content (AvgIpc) is 2.75. The van der Waals surface area contributed by atoms with E-state index in [9.17, 15) is 8.42 Å². The van der Waals surface area contributed by atoms with Gasteiger partial charge >= 0.3 is 0 Å². The Morgan fingerprint density at radius 1 is 1.45 bits per heavy atom. The molecule has 110 valence electrons. The van der Waals surface area contributed by atoms with Crippen molar-refractivity contribution in [2.45, 2.75) is 20.0 Å². The molecular weight excluding hydrogens is 306 g/mol. The van der Waals surface area contributed by atoms with Gasteiger partial charge in [-0.15, -0.1) is 0 Å². The lowest BCUT2D eigenvalue weighted by Gasteiger charge is -2.09. The number of aromatic nitrogens is 4. The standard InChI is InChI=1S/C10H14ClN5O3S/c1-6(2)19-3-4-20(17,18)16-10-14-8(11)7-9(15-10)13-5-12-7/h5-6H,3-4H2,1-2H3,(H2,12,13,14,15,16). The number of anilines is 1. The molecule has 0 aliphatic rings.